The molecule has 1 rings (SSSR count). The van der Waals surface area contributed by atoms with Crippen LogP contribution in [0.4, 0.5) is 10.5 Å². The van der Waals surface area contributed by atoms with Gasteiger partial charge in [0, 0.05) is 14.1 Å². The van der Waals surface area contributed by atoms with Crippen molar-refractivity contribution in [1.82, 2.24) is 5.43 Å². The third kappa shape index (κ3) is 3.50. The van der Waals surface area contributed by atoms with E-state index in [-0.39, 0.29) is 0 Å². The van der Waals surface area contributed by atoms with Gasteiger partial charge in [-0.1, -0.05) is 6.07 Å². The van der Waals surface area contributed by atoms with Crippen LogP contribution in [0.25, 0.3) is 0 Å². The maximum absolute atomic E-state index is 10.4. The van der Waals surface area contributed by atoms with Crippen LogP contribution in [0.3, 0.4) is 0 Å². The maximum Gasteiger partial charge on any atom is 0.332 e. The molecule has 1 aromatic carbocycles. The van der Waals surface area contributed by atoms with Crippen LogP contribution in [-0.4, -0.2) is 26.3 Å². The highest BCUT2D eigenvalue weighted by Crippen LogP contribution is 2.18. The summed E-state index contributed by atoms with van der Waals surface area (Å²) in [7, 11) is 3.72. The van der Waals surface area contributed by atoms with Gasteiger partial charge in [-0.15, -0.1) is 0 Å². The van der Waals surface area contributed by atoms with Crippen LogP contribution in [0.5, 0.6) is 0 Å². The molecule has 0 saturated heterocycles. The van der Waals surface area contributed by atoms with Crippen LogP contribution in [0.1, 0.15) is 11.1 Å². The number of rotatable bonds is 3. The van der Waals surface area contributed by atoms with Crippen molar-refractivity contribution < 1.29 is 4.79 Å². The molecule has 0 saturated carbocycles. The summed E-state index contributed by atoms with van der Waals surface area (Å²) >= 11 is 0. The van der Waals surface area contributed by atoms with Gasteiger partial charge in [0.25, 0.3) is 0 Å². The molecule has 2 amide bonds. The molecule has 0 bridgehead atoms. The number of nitrogens with one attached hydrogen (secondary N) is 1. The largest absolute Gasteiger partial charge is 0.377 e. The molecule has 0 heterocycles. The minimum atomic E-state index is -0.730. The van der Waals surface area contributed by atoms with Crippen molar-refractivity contribution in [2.24, 2.45) is 10.8 Å². The van der Waals surface area contributed by atoms with E-state index in [2.05, 4.69) is 16.6 Å². The first-order chi connectivity index (χ1) is 8.04. The number of hydrogen-bond acceptors (Lipinski definition) is 4. The highest BCUT2D eigenvalue weighted by molar-refractivity contribution is 5.83. The van der Waals surface area contributed by atoms with Crippen LogP contribution >= 0.6 is 0 Å². The number of hydrazone groups is 1. The summed E-state index contributed by atoms with van der Waals surface area (Å²) in [6.45, 7) is 0. The summed E-state index contributed by atoms with van der Waals surface area (Å²) in [4.78, 5) is 12.2. The molecule has 17 heavy (non-hydrogen) atoms. The van der Waals surface area contributed by atoms with Crippen molar-refractivity contribution in [3.8, 4) is 6.07 Å². The number of nitriles is 1. The van der Waals surface area contributed by atoms with Crippen LogP contribution in [-0.2, 0) is 0 Å². The number of anilines is 1. The van der Waals surface area contributed by atoms with E-state index < -0.39 is 6.03 Å². The SMILES string of the molecule is CN(C)c1ccc(C=NNC(N)=O)cc1C#N. The fraction of sp³-hybridized carbons (Fsp3) is 0.182. The van der Waals surface area contributed by atoms with Gasteiger partial charge < -0.3 is 10.6 Å². The first-order valence-corrected chi connectivity index (χ1v) is 4.84. The van der Waals surface area contributed by atoms with Gasteiger partial charge in [-0.2, -0.15) is 10.4 Å². The van der Waals surface area contributed by atoms with E-state index in [1.54, 1.807) is 12.1 Å². The first kappa shape index (κ1) is 12.5. The zero-order chi connectivity index (χ0) is 12.8. The Bertz CT molecular complexity index is 487. The number of hydrogen-bond donors (Lipinski definition) is 2. The van der Waals surface area contributed by atoms with E-state index in [1.165, 1.54) is 6.21 Å². The monoisotopic (exact) mass is 231 g/mol. The highest BCUT2D eigenvalue weighted by atomic mass is 16.2. The summed E-state index contributed by atoms with van der Waals surface area (Å²) in [5.74, 6) is 0. The molecule has 6 nitrogen and oxygen atoms in total. The maximum atomic E-state index is 10.4. The fourth-order valence-electron chi connectivity index (χ4n) is 1.28. The van der Waals surface area contributed by atoms with Gasteiger partial charge in [-0.05, 0) is 17.7 Å². The second-order valence-corrected chi connectivity index (χ2v) is 3.52. The Morgan fingerprint density at radius 1 is 1.59 bits per heavy atom. The number of benzene rings is 1. The number of nitrogens with two attached hydrogens (primary N) is 1. The molecule has 6 heteroatoms. The minimum Gasteiger partial charge on any atom is -0.377 e. The molecule has 0 aliphatic carbocycles. The van der Waals surface area contributed by atoms with Gasteiger partial charge in [-0.3, -0.25) is 0 Å². The molecule has 0 aliphatic rings. The van der Waals surface area contributed by atoms with Crippen LogP contribution in [0.2, 0.25) is 0 Å². The van der Waals surface area contributed by atoms with E-state index >= 15 is 0 Å². The molecule has 0 aromatic heterocycles. The molecular formula is C11H13N5O. The molecule has 0 aliphatic heterocycles. The molecule has 0 spiro atoms. The summed E-state index contributed by atoms with van der Waals surface area (Å²) in [6, 6.07) is 6.66. The average molecular weight is 231 g/mol. The standard InChI is InChI=1S/C11H13N5O/c1-16(2)10-4-3-8(5-9(10)6-12)7-14-15-11(13)17/h3-5,7H,1-2H3,(H3,13,15,17). The lowest BCUT2D eigenvalue weighted by Gasteiger charge is -2.14. The number of carbonyl (C=O) groups excluding carboxylic acids is 1. The Balaban J connectivity index is 2.95. The first-order valence-electron chi connectivity index (χ1n) is 4.84. The van der Waals surface area contributed by atoms with Crippen molar-refractivity contribution in [3.05, 3.63) is 29.3 Å². The molecular weight excluding hydrogens is 218 g/mol. The fourth-order valence-corrected chi connectivity index (χ4v) is 1.28. The predicted molar refractivity (Wildman–Crippen MR) is 65.8 cm³/mol. The third-order valence-electron chi connectivity index (χ3n) is 2.01. The number of carbonyl (C=O) groups is 1. The van der Waals surface area contributed by atoms with E-state index in [0.29, 0.717) is 11.1 Å². The van der Waals surface area contributed by atoms with Crippen molar-refractivity contribution >= 4 is 17.9 Å². The van der Waals surface area contributed by atoms with Crippen molar-refractivity contribution in [2.75, 3.05) is 19.0 Å². The van der Waals surface area contributed by atoms with Gasteiger partial charge in [0.2, 0.25) is 0 Å². The Hall–Kier alpha value is -2.55. The second kappa shape index (κ2) is 5.51. The molecule has 88 valence electrons. The Labute approximate surface area is 99.3 Å². The minimum absolute atomic E-state index is 0.540. The Morgan fingerprint density at radius 3 is 2.82 bits per heavy atom. The number of primary amides is 1. The van der Waals surface area contributed by atoms with Crippen molar-refractivity contribution in [3.63, 3.8) is 0 Å². The summed E-state index contributed by atoms with van der Waals surface area (Å²) in [5, 5.41) is 12.6. The summed E-state index contributed by atoms with van der Waals surface area (Å²) < 4.78 is 0. The van der Waals surface area contributed by atoms with Crippen LogP contribution in [0.15, 0.2) is 23.3 Å². The average Bonchev–Trinajstić information content (AvgIpc) is 2.28. The number of nitrogens with zero attached hydrogens (tertiary/aromatic N) is 3. The van der Waals surface area contributed by atoms with Gasteiger partial charge in [0.1, 0.15) is 6.07 Å². The van der Waals surface area contributed by atoms with E-state index in [1.807, 2.05) is 25.1 Å². The second-order valence-electron chi connectivity index (χ2n) is 3.52. The predicted octanol–water partition coefficient (Wildman–Crippen LogP) is 0.626. The van der Waals surface area contributed by atoms with E-state index in [9.17, 15) is 4.79 Å². The molecule has 1 aromatic rings. The van der Waals surface area contributed by atoms with E-state index in [0.717, 1.165) is 5.69 Å². The molecule has 0 radical (unpaired) electrons. The van der Waals surface area contributed by atoms with Crippen LogP contribution in [0, 0.1) is 11.3 Å². The smallest absolute Gasteiger partial charge is 0.332 e. The summed E-state index contributed by atoms with van der Waals surface area (Å²) in [6.07, 6.45) is 1.42. The highest BCUT2D eigenvalue weighted by Gasteiger charge is 2.04. The zero-order valence-electron chi connectivity index (χ0n) is 9.64. The Morgan fingerprint density at radius 2 is 2.29 bits per heavy atom. The number of urea groups is 1. The van der Waals surface area contributed by atoms with Crippen molar-refractivity contribution in [1.29, 1.82) is 5.26 Å². The molecule has 0 fully saturated rings. The zero-order valence-corrected chi connectivity index (χ0v) is 9.64. The van der Waals surface area contributed by atoms with Crippen molar-refractivity contribution in [2.45, 2.75) is 0 Å². The lowest BCUT2D eigenvalue weighted by atomic mass is 10.1. The molecule has 0 atom stereocenters. The molecule has 0 unspecified atom stereocenters. The lowest BCUT2D eigenvalue weighted by Crippen LogP contribution is -2.24. The van der Waals surface area contributed by atoms with Gasteiger partial charge in [-0.25, -0.2) is 10.2 Å². The van der Waals surface area contributed by atoms with E-state index in [4.69, 9.17) is 11.0 Å². The quantitative estimate of drug-likeness (QED) is 0.590. The normalized spacial score (nSPS) is 9.94. The topological polar surface area (TPSA) is 94.5 Å². The Kier molecular flexibility index (Phi) is 4.06. The molecule has 3 N–H and O–H groups in total. The third-order valence-corrected chi connectivity index (χ3v) is 2.01. The summed E-state index contributed by atoms with van der Waals surface area (Å²) in [5.41, 5.74) is 9.01. The lowest BCUT2D eigenvalue weighted by molar-refractivity contribution is 0.249. The van der Waals surface area contributed by atoms with Gasteiger partial charge >= 0.3 is 6.03 Å². The number of amides is 2. The van der Waals surface area contributed by atoms with Gasteiger partial charge in [0.15, 0.2) is 0 Å². The van der Waals surface area contributed by atoms with Gasteiger partial charge in [0.05, 0.1) is 17.5 Å². The van der Waals surface area contributed by atoms with Crippen LogP contribution < -0.4 is 16.1 Å².